The summed E-state index contributed by atoms with van der Waals surface area (Å²) in [5.41, 5.74) is 0. The molecule has 0 amide bonds. The third-order valence-electron chi connectivity index (χ3n) is 1.01. The second-order valence-corrected chi connectivity index (χ2v) is 3.40. The zero-order valence-electron chi connectivity index (χ0n) is 5.89. The minimum absolute atomic E-state index is 0.492. The molecule has 0 N–H and O–H groups in total. The van der Waals surface area contributed by atoms with Crippen LogP contribution >= 0.6 is 11.8 Å². The van der Waals surface area contributed by atoms with Crippen LogP contribution in [0.1, 0.15) is 19.8 Å². The van der Waals surface area contributed by atoms with Crippen molar-refractivity contribution in [2.45, 2.75) is 25.0 Å². The van der Waals surface area contributed by atoms with Gasteiger partial charge in [0.15, 0.2) is 0 Å². The van der Waals surface area contributed by atoms with Gasteiger partial charge in [0.1, 0.15) is 0 Å². The first kappa shape index (κ1) is 8.91. The summed E-state index contributed by atoms with van der Waals surface area (Å²) in [5.74, 6) is 3.74. The molecule has 0 aromatic carbocycles. The Bertz CT molecular complexity index is 91.2. The number of hydrogen-bond donors (Lipinski definition) is 0. The van der Waals surface area contributed by atoms with Crippen molar-refractivity contribution in [2.24, 2.45) is 0 Å². The lowest BCUT2D eigenvalue weighted by Crippen LogP contribution is -1.95. The summed E-state index contributed by atoms with van der Waals surface area (Å²) < 4.78 is 0. The van der Waals surface area contributed by atoms with Gasteiger partial charge in [0.25, 0.3) is 0 Å². The van der Waals surface area contributed by atoms with Gasteiger partial charge in [-0.3, -0.25) is 0 Å². The molecule has 0 aromatic rings. The summed E-state index contributed by atoms with van der Waals surface area (Å²) in [6.07, 6.45) is 7.00. The molecule has 51 valence electrons. The average Bonchev–Trinajstić information content (AvgIpc) is 1.85. The molecule has 0 spiro atoms. The topological polar surface area (TPSA) is 0 Å². The summed E-state index contributed by atoms with van der Waals surface area (Å²) in [7, 11) is 0. The van der Waals surface area contributed by atoms with Gasteiger partial charge < -0.3 is 0 Å². The van der Waals surface area contributed by atoms with Crippen LogP contribution in [0.5, 0.6) is 0 Å². The van der Waals surface area contributed by atoms with Crippen LogP contribution in [-0.4, -0.2) is 11.0 Å². The van der Waals surface area contributed by atoms with Crippen LogP contribution in [0.25, 0.3) is 0 Å². The monoisotopic (exact) mass is 141 g/mol. The van der Waals surface area contributed by atoms with Gasteiger partial charge in [-0.05, 0) is 19.1 Å². The molecule has 0 aliphatic carbocycles. The number of hydrogen-bond acceptors (Lipinski definition) is 1. The van der Waals surface area contributed by atoms with Gasteiger partial charge in [-0.2, -0.15) is 11.8 Å². The fourth-order valence-electron chi connectivity index (χ4n) is 0.563. The van der Waals surface area contributed by atoms with Crippen LogP contribution in [0.2, 0.25) is 0 Å². The predicted octanol–water partition coefficient (Wildman–Crippen LogP) is 2.36. The molecule has 0 nitrogen and oxygen atoms in total. The quantitative estimate of drug-likeness (QED) is 0.542. The molecule has 0 saturated carbocycles. The van der Waals surface area contributed by atoms with Gasteiger partial charge >= 0.3 is 0 Å². The Kier molecular flexibility index (Phi) is 5.98. The molecular formula is C8H13S. The van der Waals surface area contributed by atoms with E-state index in [0.717, 1.165) is 18.6 Å². The molecule has 0 aliphatic heterocycles. The highest BCUT2D eigenvalue weighted by Crippen LogP contribution is 2.13. The Labute approximate surface area is 62.4 Å². The van der Waals surface area contributed by atoms with Crippen LogP contribution in [-0.2, 0) is 0 Å². The largest absolute Gasteiger partial charge is 0.159 e. The van der Waals surface area contributed by atoms with Gasteiger partial charge in [0.2, 0.25) is 0 Å². The first-order valence-corrected chi connectivity index (χ1v) is 4.24. The van der Waals surface area contributed by atoms with E-state index < -0.39 is 0 Å². The lowest BCUT2D eigenvalue weighted by molar-refractivity contribution is 0.899. The molecule has 0 aromatic heterocycles. The zero-order chi connectivity index (χ0) is 7.11. The second kappa shape index (κ2) is 6.04. The van der Waals surface area contributed by atoms with E-state index in [1.165, 1.54) is 0 Å². The van der Waals surface area contributed by atoms with E-state index in [2.05, 4.69) is 19.8 Å². The van der Waals surface area contributed by atoms with Gasteiger partial charge in [-0.1, -0.05) is 6.92 Å². The molecule has 0 rings (SSSR count). The standard InChI is InChI=1S/C8H13S/c1-4-6-7-8(3)9-5-2/h1,8H,3,5-7H2,2H3. The molecule has 0 aliphatic rings. The van der Waals surface area contributed by atoms with E-state index in [1.807, 2.05) is 11.8 Å². The highest BCUT2D eigenvalue weighted by molar-refractivity contribution is 7.99. The van der Waals surface area contributed by atoms with Gasteiger partial charge in [0.05, 0.1) is 0 Å². The van der Waals surface area contributed by atoms with Crippen molar-refractivity contribution in [2.75, 3.05) is 5.75 Å². The van der Waals surface area contributed by atoms with E-state index in [9.17, 15) is 0 Å². The molecule has 0 saturated heterocycles. The fraction of sp³-hybridized carbons (Fsp3) is 0.625. The van der Waals surface area contributed by atoms with Crippen molar-refractivity contribution in [3.05, 3.63) is 6.92 Å². The first-order chi connectivity index (χ1) is 4.31. The Hall–Kier alpha value is -0.0900. The lowest BCUT2D eigenvalue weighted by atomic mass is 10.3. The second-order valence-electron chi connectivity index (χ2n) is 1.82. The molecule has 0 heterocycles. The van der Waals surface area contributed by atoms with Crippen LogP contribution < -0.4 is 0 Å². The molecule has 1 radical (unpaired) electrons. The normalized spacial score (nSPS) is 12.6. The smallest absolute Gasteiger partial charge is 0.00965 e. The number of thioether (sulfide) groups is 1. The SMILES string of the molecule is C#CCCC([CH2])SCC. The summed E-state index contributed by atoms with van der Waals surface area (Å²) in [6.45, 7) is 6.07. The average molecular weight is 141 g/mol. The minimum atomic E-state index is 0.492. The van der Waals surface area contributed by atoms with Crippen molar-refractivity contribution < 1.29 is 0 Å². The third-order valence-corrected chi connectivity index (χ3v) is 2.05. The summed E-state index contributed by atoms with van der Waals surface area (Å²) in [6, 6.07) is 0. The molecule has 1 unspecified atom stereocenters. The van der Waals surface area contributed by atoms with Gasteiger partial charge in [-0.15, -0.1) is 12.3 Å². The van der Waals surface area contributed by atoms with E-state index >= 15 is 0 Å². The Morgan fingerprint density at radius 1 is 1.78 bits per heavy atom. The van der Waals surface area contributed by atoms with Crippen LogP contribution in [0.3, 0.4) is 0 Å². The fourth-order valence-corrected chi connectivity index (χ4v) is 1.32. The maximum atomic E-state index is 5.09. The summed E-state index contributed by atoms with van der Waals surface area (Å²) in [4.78, 5) is 0. The Morgan fingerprint density at radius 3 is 2.89 bits per heavy atom. The van der Waals surface area contributed by atoms with Crippen molar-refractivity contribution in [3.63, 3.8) is 0 Å². The minimum Gasteiger partial charge on any atom is -0.159 e. The van der Waals surface area contributed by atoms with Crippen molar-refractivity contribution in [1.82, 2.24) is 0 Å². The molecule has 0 bridgehead atoms. The molecule has 0 fully saturated rings. The molecular weight excluding hydrogens is 128 g/mol. The molecule has 9 heavy (non-hydrogen) atoms. The number of terminal acetylenes is 1. The van der Waals surface area contributed by atoms with Crippen LogP contribution in [0.15, 0.2) is 0 Å². The highest BCUT2D eigenvalue weighted by atomic mass is 32.2. The van der Waals surface area contributed by atoms with Gasteiger partial charge in [0, 0.05) is 11.7 Å². The lowest BCUT2D eigenvalue weighted by Gasteiger charge is -2.05. The van der Waals surface area contributed by atoms with E-state index in [-0.39, 0.29) is 0 Å². The van der Waals surface area contributed by atoms with Crippen LogP contribution in [0, 0.1) is 19.3 Å². The van der Waals surface area contributed by atoms with E-state index in [1.54, 1.807) is 0 Å². The zero-order valence-corrected chi connectivity index (χ0v) is 6.71. The maximum Gasteiger partial charge on any atom is 0.00965 e. The van der Waals surface area contributed by atoms with E-state index in [0.29, 0.717) is 5.25 Å². The third kappa shape index (κ3) is 5.79. The Balaban J connectivity index is 3.07. The van der Waals surface area contributed by atoms with Crippen molar-refractivity contribution in [1.29, 1.82) is 0 Å². The van der Waals surface area contributed by atoms with E-state index in [4.69, 9.17) is 6.42 Å². The van der Waals surface area contributed by atoms with Crippen molar-refractivity contribution >= 4 is 11.8 Å². The predicted molar refractivity (Wildman–Crippen MR) is 45.3 cm³/mol. The number of rotatable bonds is 4. The Morgan fingerprint density at radius 2 is 2.44 bits per heavy atom. The summed E-state index contributed by atoms with van der Waals surface area (Å²) in [5, 5.41) is 0.492. The molecule has 1 atom stereocenters. The summed E-state index contributed by atoms with van der Waals surface area (Å²) >= 11 is 1.86. The van der Waals surface area contributed by atoms with Gasteiger partial charge in [-0.25, -0.2) is 0 Å². The highest BCUT2D eigenvalue weighted by Gasteiger charge is 1.97. The molecule has 1 heteroatoms. The van der Waals surface area contributed by atoms with Crippen molar-refractivity contribution in [3.8, 4) is 12.3 Å². The maximum absolute atomic E-state index is 5.09. The van der Waals surface area contributed by atoms with Crippen LogP contribution in [0.4, 0.5) is 0 Å². The first-order valence-electron chi connectivity index (χ1n) is 3.19.